The lowest BCUT2D eigenvalue weighted by atomic mass is 10.2. The number of aryl methyl sites for hydroxylation is 1. The van der Waals surface area contributed by atoms with Crippen molar-refractivity contribution in [2.45, 2.75) is 13.5 Å². The topological polar surface area (TPSA) is 86.7 Å². The number of rotatable bonds is 6. The van der Waals surface area contributed by atoms with Gasteiger partial charge in [0.2, 0.25) is 0 Å². The molecule has 0 radical (unpaired) electrons. The second-order valence-corrected chi connectivity index (χ2v) is 7.10. The van der Waals surface area contributed by atoms with Crippen LogP contribution in [0.1, 0.15) is 11.1 Å². The van der Waals surface area contributed by atoms with Crippen LogP contribution in [0.2, 0.25) is 0 Å². The summed E-state index contributed by atoms with van der Waals surface area (Å²) >= 11 is 1.44. The van der Waals surface area contributed by atoms with Crippen molar-refractivity contribution in [3.63, 3.8) is 0 Å². The Morgan fingerprint density at radius 3 is 2.86 bits per heavy atom. The summed E-state index contributed by atoms with van der Waals surface area (Å²) in [4.78, 5) is 27.6. The highest BCUT2D eigenvalue weighted by Gasteiger charge is 2.09. The zero-order valence-corrected chi connectivity index (χ0v) is 16.3. The number of carbonyl (C=O) groups is 1. The Morgan fingerprint density at radius 2 is 2.11 bits per heavy atom. The summed E-state index contributed by atoms with van der Waals surface area (Å²) in [5.41, 5.74) is 2.69. The van der Waals surface area contributed by atoms with Gasteiger partial charge in [0, 0.05) is 31.9 Å². The first-order chi connectivity index (χ1) is 13.5. The number of amides is 1. The zero-order valence-electron chi connectivity index (χ0n) is 15.5. The van der Waals surface area contributed by atoms with Gasteiger partial charge in [0.25, 0.3) is 11.6 Å². The number of non-ortho nitro benzene ring substituents is 1. The van der Waals surface area contributed by atoms with E-state index in [1.54, 1.807) is 19.2 Å². The third-order valence-electron chi connectivity index (χ3n) is 4.13. The molecule has 8 heteroatoms. The number of ether oxygens (including phenoxy) is 1. The molecule has 0 unspecified atom stereocenters. The normalized spacial score (nSPS) is 12.1. The highest BCUT2D eigenvalue weighted by Crippen LogP contribution is 2.21. The number of aromatic nitrogens is 1. The van der Waals surface area contributed by atoms with E-state index in [1.165, 1.54) is 35.6 Å². The third kappa shape index (κ3) is 4.41. The maximum absolute atomic E-state index is 12.4. The van der Waals surface area contributed by atoms with Gasteiger partial charge in [-0.1, -0.05) is 35.6 Å². The largest absolute Gasteiger partial charge is 0.383 e. The Morgan fingerprint density at radius 1 is 1.32 bits per heavy atom. The molecule has 0 aliphatic carbocycles. The van der Waals surface area contributed by atoms with Crippen LogP contribution >= 0.6 is 11.3 Å². The van der Waals surface area contributed by atoms with Crippen LogP contribution in [0.3, 0.4) is 0 Å². The first kappa shape index (κ1) is 19.7. The number of hydrogen-bond acceptors (Lipinski definition) is 5. The third-order valence-corrected chi connectivity index (χ3v) is 5.17. The Balaban J connectivity index is 1.95. The summed E-state index contributed by atoms with van der Waals surface area (Å²) in [6, 6.07) is 12.1. The quantitative estimate of drug-likeness (QED) is 0.360. The summed E-state index contributed by atoms with van der Waals surface area (Å²) in [7, 11) is 1.63. The van der Waals surface area contributed by atoms with E-state index in [4.69, 9.17) is 4.74 Å². The lowest BCUT2D eigenvalue weighted by molar-refractivity contribution is -0.384. The predicted octanol–water partition coefficient (Wildman–Crippen LogP) is 3.71. The number of nitro benzene ring substituents is 1. The van der Waals surface area contributed by atoms with Crippen LogP contribution in [-0.4, -0.2) is 29.1 Å². The van der Waals surface area contributed by atoms with Gasteiger partial charge < -0.3 is 9.30 Å². The smallest absolute Gasteiger partial charge is 0.272 e. The first-order valence-electron chi connectivity index (χ1n) is 8.58. The zero-order chi connectivity index (χ0) is 20.1. The van der Waals surface area contributed by atoms with Crippen molar-refractivity contribution >= 4 is 39.2 Å². The van der Waals surface area contributed by atoms with Crippen molar-refractivity contribution in [1.82, 2.24) is 4.57 Å². The summed E-state index contributed by atoms with van der Waals surface area (Å²) in [5, 5.41) is 10.9. The Bertz CT molecular complexity index is 1130. The number of nitrogens with zero attached hydrogens (tertiary/aromatic N) is 3. The molecule has 0 bridgehead atoms. The number of fused-ring (bicyclic) bond motifs is 1. The predicted molar refractivity (Wildman–Crippen MR) is 109 cm³/mol. The van der Waals surface area contributed by atoms with Gasteiger partial charge in [0.15, 0.2) is 4.80 Å². The van der Waals surface area contributed by atoms with Gasteiger partial charge in [-0.3, -0.25) is 14.9 Å². The van der Waals surface area contributed by atoms with E-state index in [1.807, 2.05) is 29.7 Å². The van der Waals surface area contributed by atoms with Crippen LogP contribution in [0.4, 0.5) is 5.69 Å². The van der Waals surface area contributed by atoms with Crippen molar-refractivity contribution in [1.29, 1.82) is 0 Å². The maximum atomic E-state index is 12.4. The van der Waals surface area contributed by atoms with Crippen molar-refractivity contribution in [3.8, 4) is 0 Å². The molecule has 0 atom stereocenters. The number of nitro groups is 1. The van der Waals surface area contributed by atoms with E-state index >= 15 is 0 Å². The SMILES string of the molecule is COCCn1c(=NC(=O)C=Cc2cccc([N+](=O)[O-])c2)sc2cccc(C)c21. The fourth-order valence-corrected chi connectivity index (χ4v) is 3.96. The Labute approximate surface area is 165 Å². The Hall–Kier alpha value is -3.10. The molecule has 1 heterocycles. The highest BCUT2D eigenvalue weighted by atomic mass is 32.1. The summed E-state index contributed by atoms with van der Waals surface area (Å²) < 4.78 is 8.22. The maximum Gasteiger partial charge on any atom is 0.272 e. The standard InChI is InChI=1S/C20H19N3O4S/c1-14-5-3-8-17-19(14)22(11-12-27-2)20(28-17)21-18(24)10-9-15-6-4-7-16(13-15)23(25)26/h3-10,13H,11-12H2,1-2H3. The fourth-order valence-electron chi connectivity index (χ4n) is 2.82. The molecule has 0 aliphatic heterocycles. The number of para-hydroxylation sites is 1. The number of benzene rings is 2. The minimum atomic E-state index is -0.470. The molecule has 0 saturated carbocycles. The van der Waals surface area contributed by atoms with E-state index in [-0.39, 0.29) is 5.69 Å². The van der Waals surface area contributed by atoms with Crippen LogP contribution in [-0.2, 0) is 16.1 Å². The highest BCUT2D eigenvalue weighted by molar-refractivity contribution is 7.16. The van der Waals surface area contributed by atoms with Gasteiger partial charge in [-0.25, -0.2) is 0 Å². The molecule has 3 aromatic rings. The Kier molecular flexibility index (Phi) is 6.13. The van der Waals surface area contributed by atoms with E-state index < -0.39 is 10.8 Å². The molecule has 1 amide bonds. The van der Waals surface area contributed by atoms with Crippen LogP contribution in [0.25, 0.3) is 16.3 Å². The van der Waals surface area contributed by atoms with E-state index in [0.29, 0.717) is 23.5 Å². The number of methoxy groups -OCH3 is 1. The van der Waals surface area contributed by atoms with E-state index in [0.717, 1.165) is 15.8 Å². The molecule has 0 aliphatic rings. The number of carbonyl (C=O) groups excluding carboxylic acids is 1. The van der Waals surface area contributed by atoms with Crippen molar-refractivity contribution in [2.24, 2.45) is 4.99 Å². The van der Waals surface area contributed by atoms with E-state index in [2.05, 4.69) is 4.99 Å². The second kappa shape index (κ2) is 8.73. The molecule has 28 heavy (non-hydrogen) atoms. The molecular weight excluding hydrogens is 378 g/mol. The fraction of sp³-hybridized carbons (Fsp3) is 0.200. The molecule has 0 fully saturated rings. The van der Waals surface area contributed by atoms with Gasteiger partial charge in [-0.15, -0.1) is 0 Å². The first-order valence-corrected chi connectivity index (χ1v) is 9.40. The minimum Gasteiger partial charge on any atom is -0.383 e. The van der Waals surface area contributed by atoms with Crippen LogP contribution in [0.15, 0.2) is 53.5 Å². The molecular formula is C20H19N3O4S. The summed E-state index contributed by atoms with van der Waals surface area (Å²) in [5.74, 6) is -0.429. The van der Waals surface area contributed by atoms with Gasteiger partial charge in [0.1, 0.15) is 0 Å². The number of hydrogen-bond donors (Lipinski definition) is 0. The molecule has 7 nitrogen and oxygen atoms in total. The molecule has 1 aromatic heterocycles. The minimum absolute atomic E-state index is 0.0241. The van der Waals surface area contributed by atoms with Gasteiger partial charge >= 0.3 is 0 Å². The average Bonchev–Trinajstić information content (AvgIpc) is 3.03. The second-order valence-electron chi connectivity index (χ2n) is 6.09. The molecule has 144 valence electrons. The summed E-state index contributed by atoms with van der Waals surface area (Å²) in [6.07, 6.45) is 2.84. The van der Waals surface area contributed by atoms with Crippen molar-refractivity contribution in [3.05, 3.63) is 74.6 Å². The van der Waals surface area contributed by atoms with Gasteiger partial charge in [-0.05, 0) is 30.2 Å². The summed E-state index contributed by atoms with van der Waals surface area (Å²) in [6.45, 7) is 3.11. The van der Waals surface area contributed by atoms with Crippen LogP contribution in [0, 0.1) is 17.0 Å². The molecule has 0 spiro atoms. The molecule has 2 aromatic carbocycles. The molecule has 0 saturated heterocycles. The average molecular weight is 397 g/mol. The van der Waals surface area contributed by atoms with Crippen LogP contribution < -0.4 is 4.80 Å². The van der Waals surface area contributed by atoms with Crippen molar-refractivity contribution < 1.29 is 14.5 Å². The lowest BCUT2D eigenvalue weighted by Gasteiger charge is -2.06. The molecule has 0 N–H and O–H groups in total. The lowest BCUT2D eigenvalue weighted by Crippen LogP contribution is -2.19. The van der Waals surface area contributed by atoms with Gasteiger partial charge in [-0.2, -0.15) is 4.99 Å². The van der Waals surface area contributed by atoms with Gasteiger partial charge in [0.05, 0.1) is 21.7 Å². The van der Waals surface area contributed by atoms with Crippen molar-refractivity contribution in [2.75, 3.05) is 13.7 Å². The van der Waals surface area contributed by atoms with E-state index in [9.17, 15) is 14.9 Å². The molecule has 3 rings (SSSR count). The number of thiazole rings is 1. The van der Waals surface area contributed by atoms with Crippen LogP contribution in [0.5, 0.6) is 0 Å². The monoisotopic (exact) mass is 397 g/mol.